The van der Waals surface area contributed by atoms with E-state index in [0.717, 1.165) is 12.1 Å². The maximum absolute atomic E-state index is 6.04. The van der Waals surface area contributed by atoms with E-state index in [1.54, 1.807) is 12.5 Å². The van der Waals surface area contributed by atoms with Crippen molar-refractivity contribution in [3.8, 4) is 11.5 Å². The minimum atomic E-state index is -0.213. The monoisotopic (exact) mass is 235 g/mol. The van der Waals surface area contributed by atoms with Crippen molar-refractivity contribution in [3.05, 3.63) is 18.4 Å². The molecule has 6 nitrogen and oxygen atoms in total. The first-order valence-electron chi connectivity index (χ1n) is 5.69. The van der Waals surface area contributed by atoms with Gasteiger partial charge in [-0.25, -0.2) is 4.98 Å². The standard InChI is InChI=1S/C11H17N5O/c1-4-7(2)9(12)11-14-10(15-17-11)8-5-13-6-16(8)3/h5-7,9H,4,12H2,1-3H3. The molecule has 2 heterocycles. The van der Waals surface area contributed by atoms with Gasteiger partial charge in [0.25, 0.3) is 0 Å². The Labute approximate surface area is 99.8 Å². The van der Waals surface area contributed by atoms with Gasteiger partial charge >= 0.3 is 0 Å². The highest BCUT2D eigenvalue weighted by Gasteiger charge is 2.21. The number of aromatic nitrogens is 4. The molecule has 2 rings (SSSR count). The second-order valence-corrected chi connectivity index (χ2v) is 4.26. The van der Waals surface area contributed by atoms with Gasteiger partial charge in [-0.3, -0.25) is 0 Å². The number of imidazole rings is 1. The van der Waals surface area contributed by atoms with E-state index in [2.05, 4.69) is 29.0 Å². The van der Waals surface area contributed by atoms with E-state index in [9.17, 15) is 0 Å². The molecule has 17 heavy (non-hydrogen) atoms. The van der Waals surface area contributed by atoms with Crippen LogP contribution in [0.5, 0.6) is 0 Å². The fourth-order valence-electron chi connectivity index (χ4n) is 1.54. The van der Waals surface area contributed by atoms with Crippen molar-refractivity contribution in [1.82, 2.24) is 19.7 Å². The lowest BCUT2D eigenvalue weighted by Crippen LogP contribution is -2.18. The summed E-state index contributed by atoms with van der Waals surface area (Å²) in [5.74, 6) is 1.32. The van der Waals surface area contributed by atoms with E-state index in [1.165, 1.54) is 0 Å². The van der Waals surface area contributed by atoms with Crippen molar-refractivity contribution in [3.63, 3.8) is 0 Å². The smallest absolute Gasteiger partial charge is 0.244 e. The van der Waals surface area contributed by atoms with Crippen LogP contribution >= 0.6 is 0 Å². The first kappa shape index (κ1) is 11.8. The third-order valence-corrected chi connectivity index (χ3v) is 3.03. The van der Waals surface area contributed by atoms with Gasteiger partial charge in [0, 0.05) is 7.05 Å². The average Bonchev–Trinajstić information content (AvgIpc) is 2.95. The third-order valence-electron chi connectivity index (χ3n) is 3.03. The van der Waals surface area contributed by atoms with Gasteiger partial charge < -0.3 is 14.8 Å². The molecule has 2 aromatic heterocycles. The number of rotatable bonds is 4. The summed E-state index contributed by atoms with van der Waals surface area (Å²) < 4.78 is 7.04. The van der Waals surface area contributed by atoms with E-state index in [0.29, 0.717) is 17.6 Å². The largest absolute Gasteiger partial charge is 0.337 e. The van der Waals surface area contributed by atoms with Crippen LogP contribution in [0.2, 0.25) is 0 Å². The number of aryl methyl sites for hydroxylation is 1. The van der Waals surface area contributed by atoms with Crippen molar-refractivity contribution in [1.29, 1.82) is 0 Å². The molecule has 0 fully saturated rings. The summed E-state index contributed by atoms with van der Waals surface area (Å²) in [6.45, 7) is 4.15. The summed E-state index contributed by atoms with van der Waals surface area (Å²) in [6.07, 6.45) is 4.37. The van der Waals surface area contributed by atoms with Gasteiger partial charge in [-0.15, -0.1) is 0 Å². The molecule has 0 bridgehead atoms. The van der Waals surface area contributed by atoms with Gasteiger partial charge in [0.1, 0.15) is 5.69 Å². The van der Waals surface area contributed by atoms with Gasteiger partial charge in [0.15, 0.2) is 0 Å². The van der Waals surface area contributed by atoms with Crippen molar-refractivity contribution in [2.75, 3.05) is 0 Å². The first-order valence-corrected chi connectivity index (χ1v) is 5.69. The van der Waals surface area contributed by atoms with E-state index in [1.807, 2.05) is 11.6 Å². The number of nitrogens with two attached hydrogens (primary N) is 1. The van der Waals surface area contributed by atoms with Gasteiger partial charge in [-0.1, -0.05) is 25.4 Å². The Morgan fingerprint density at radius 2 is 2.29 bits per heavy atom. The normalized spacial score (nSPS) is 14.8. The molecule has 2 unspecified atom stereocenters. The second-order valence-electron chi connectivity index (χ2n) is 4.26. The summed E-state index contributed by atoms with van der Waals surface area (Å²) in [5, 5.41) is 3.93. The molecular weight excluding hydrogens is 218 g/mol. The molecular formula is C11H17N5O. The zero-order valence-corrected chi connectivity index (χ0v) is 10.3. The molecule has 0 aliphatic carbocycles. The topological polar surface area (TPSA) is 82.8 Å². The molecule has 0 amide bonds. The van der Waals surface area contributed by atoms with Crippen molar-refractivity contribution >= 4 is 0 Å². The van der Waals surface area contributed by atoms with Gasteiger partial charge in [0.05, 0.1) is 18.6 Å². The maximum atomic E-state index is 6.04. The van der Waals surface area contributed by atoms with Crippen molar-refractivity contribution in [2.45, 2.75) is 26.3 Å². The van der Waals surface area contributed by atoms with E-state index < -0.39 is 0 Å². The molecule has 0 saturated heterocycles. The quantitative estimate of drug-likeness (QED) is 0.868. The minimum absolute atomic E-state index is 0.213. The van der Waals surface area contributed by atoms with Gasteiger partial charge in [-0.2, -0.15) is 4.98 Å². The molecule has 0 spiro atoms. The Balaban J connectivity index is 2.25. The highest BCUT2D eigenvalue weighted by Crippen LogP contribution is 2.22. The van der Waals surface area contributed by atoms with E-state index >= 15 is 0 Å². The number of nitrogens with zero attached hydrogens (tertiary/aromatic N) is 4. The molecule has 6 heteroatoms. The van der Waals surface area contributed by atoms with Gasteiger partial charge in [0.2, 0.25) is 11.7 Å². The van der Waals surface area contributed by atoms with Crippen LogP contribution in [0.4, 0.5) is 0 Å². The summed E-state index contributed by atoms with van der Waals surface area (Å²) in [7, 11) is 1.88. The number of hydrogen-bond acceptors (Lipinski definition) is 5. The lowest BCUT2D eigenvalue weighted by Gasteiger charge is -2.12. The van der Waals surface area contributed by atoms with E-state index in [4.69, 9.17) is 10.3 Å². The molecule has 0 radical (unpaired) electrons. The first-order chi connectivity index (χ1) is 8.13. The Bertz CT molecular complexity index is 490. The zero-order chi connectivity index (χ0) is 12.4. The molecule has 0 aliphatic rings. The Morgan fingerprint density at radius 1 is 1.53 bits per heavy atom. The Morgan fingerprint density at radius 3 is 2.88 bits per heavy atom. The lowest BCUT2D eigenvalue weighted by atomic mass is 10.0. The Kier molecular flexibility index (Phi) is 3.23. The summed E-state index contributed by atoms with van der Waals surface area (Å²) in [6, 6.07) is -0.213. The van der Waals surface area contributed by atoms with Crippen LogP contribution in [-0.2, 0) is 7.05 Å². The second kappa shape index (κ2) is 4.67. The molecule has 0 aliphatic heterocycles. The Hall–Kier alpha value is -1.69. The fourth-order valence-corrected chi connectivity index (χ4v) is 1.54. The average molecular weight is 235 g/mol. The summed E-state index contributed by atoms with van der Waals surface area (Å²) in [4.78, 5) is 8.33. The highest BCUT2D eigenvalue weighted by atomic mass is 16.5. The third kappa shape index (κ3) is 2.21. The van der Waals surface area contributed by atoms with Gasteiger partial charge in [-0.05, 0) is 5.92 Å². The molecule has 2 atom stereocenters. The van der Waals surface area contributed by atoms with Crippen LogP contribution < -0.4 is 5.73 Å². The van der Waals surface area contributed by atoms with Crippen LogP contribution in [0.3, 0.4) is 0 Å². The van der Waals surface area contributed by atoms with Crippen molar-refractivity contribution < 1.29 is 4.52 Å². The number of hydrogen-bond donors (Lipinski definition) is 1. The predicted octanol–water partition coefficient (Wildman–Crippen LogP) is 1.52. The lowest BCUT2D eigenvalue weighted by molar-refractivity contribution is 0.312. The molecule has 2 N–H and O–H groups in total. The van der Waals surface area contributed by atoms with Crippen LogP contribution in [0, 0.1) is 5.92 Å². The van der Waals surface area contributed by atoms with Crippen LogP contribution in [-0.4, -0.2) is 19.7 Å². The van der Waals surface area contributed by atoms with Crippen molar-refractivity contribution in [2.24, 2.45) is 18.7 Å². The highest BCUT2D eigenvalue weighted by molar-refractivity contribution is 5.47. The van der Waals surface area contributed by atoms with Crippen LogP contribution in [0.25, 0.3) is 11.5 Å². The zero-order valence-electron chi connectivity index (χ0n) is 10.3. The summed E-state index contributed by atoms with van der Waals surface area (Å²) >= 11 is 0. The predicted molar refractivity (Wildman–Crippen MR) is 62.9 cm³/mol. The van der Waals surface area contributed by atoms with Crippen LogP contribution in [0.1, 0.15) is 32.2 Å². The van der Waals surface area contributed by atoms with Crippen LogP contribution in [0.15, 0.2) is 17.0 Å². The SMILES string of the molecule is CCC(C)C(N)c1nc(-c2cncn2C)no1. The molecule has 0 saturated carbocycles. The molecule has 0 aromatic carbocycles. The maximum Gasteiger partial charge on any atom is 0.244 e. The summed E-state index contributed by atoms with van der Waals surface area (Å²) in [5.41, 5.74) is 6.85. The fraction of sp³-hybridized carbons (Fsp3) is 0.545. The molecule has 92 valence electrons. The van der Waals surface area contributed by atoms with E-state index in [-0.39, 0.29) is 6.04 Å². The molecule has 2 aromatic rings. The minimum Gasteiger partial charge on any atom is -0.337 e.